The third-order valence-corrected chi connectivity index (χ3v) is 9.42. The van der Waals surface area contributed by atoms with Crippen molar-refractivity contribution in [3.63, 3.8) is 0 Å². The standard InChI is InChI=1S/C30H26Cl4N4O2S2/c1-3-13-37-27-21(33)15-19(31)17-23(27)41-29(37)35-25(39)11-9-7-5-6-8-10-12-26(40)36-30-38(14-4-2)28-22(34)16-20(32)18-24(28)42-30/h1-2,15-18H,5-14H2. The van der Waals surface area contributed by atoms with Crippen LogP contribution in [0.25, 0.3) is 20.4 Å². The number of hydrogen-bond acceptors (Lipinski definition) is 4. The molecule has 0 fully saturated rings. The quantitative estimate of drug-likeness (QED) is 0.118. The molecule has 2 amide bonds. The highest BCUT2D eigenvalue weighted by atomic mass is 35.5. The molecule has 12 heteroatoms. The minimum atomic E-state index is -0.200. The van der Waals surface area contributed by atoms with Gasteiger partial charge in [-0.25, -0.2) is 0 Å². The first-order valence-electron chi connectivity index (χ1n) is 13.2. The molecule has 6 nitrogen and oxygen atoms in total. The van der Waals surface area contributed by atoms with Crippen LogP contribution in [-0.4, -0.2) is 20.9 Å². The molecule has 0 N–H and O–H groups in total. The van der Waals surface area contributed by atoms with Gasteiger partial charge in [0, 0.05) is 22.9 Å². The van der Waals surface area contributed by atoms with E-state index in [1.807, 2.05) is 0 Å². The molecule has 0 atom stereocenters. The lowest BCUT2D eigenvalue weighted by molar-refractivity contribution is -0.119. The number of halogens is 4. The van der Waals surface area contributed by atoms with Crippen LogP contribution < -0.4 is 9.60 Å². The van der Waals surface area contributed by atoms with E-state index in [9.17, 15) is 9.59 Å². The van der Waals surface area contributed by atoms with Gasteiger partial charge in [-0.15, -0.1) is 12.8 Å². The normalized spacial score (nSPS) is 12.2. The van der Waals surface area contributed by atoms with Crippen LogP contribution in [0.5, 0.6) is 0 Å². The number of aromatic nitrogens is 2. The van der Waals surface area contributed by atoms with Crippen LogP contribution in [0, 0.1) is 24.7 Å². The number of carbonyl (C=O) groups is 2. The Kier molecular flexibility index (Phi) is 11.7. The van der Waals surface area contributed by atoms with E-state index in [2.05, 4.69) is 21.8 Å². The van der Waals surface area contributed by atoms with Gasteiger partial charge in [0.15, 0.2) is 9.60 Å². The van der Waals surface area contributed by atoms with Gasteiger partial charge in [-0.1, -0.05) is 107 Å². The highest BCUT2D eigenvalue weighted by molar-refractivity contribution is 7.16. The molecule has 4 aromatic rings. The summed E-state index contributed by atoms with van der Waals surface area (Å²) in [4.78, 5) is 34.7. The smallest absolute Gasteiger partial charge is 0.248 e. The predicted molar refractivity (Wildman–Crippen MR) is 175 cm³/mol. The Bertz CT molecular complexity index is 1730. The zero-order chi connectivity index (χ0) is 30.2. The molecule has 0 bridgehead atoms. The fourth-order valence-corrected chi connectivity index (χ4v) is 8.15. The van der Waals surface area contributed by atoms with Crippen molar-refractivity contribution in [2.45, 2.75) is 64.5 Å². The Balaban J connectivity index is 1.23. The Morgan fingerprint density at radius 1 is 0.667 bits per heavy atom. The van der Waals surface area contributed by atoms with Crippen LogP contribution in [0.2, 0.25) is 20.1 Å². The molecule has 0 unspecified atom stereocenters. The van der Waals surface area contributed by atoms with Gasteiger partial charge in [-0.05, 0) is 37.1 Å². The van der Waals surface area contributed by atoms with Crippen molar-refractivity contribution < 1.29 is 9.59 Å². The van der Waals surface area contributed by atoms with E-state index in [0.717, 1.165) is 59.0 Å². The molecule has 0 aliphatic carbocycles. The maximum absolute atomic E-state index is 12.6. The zero-order valence-corrected chi connectivity index (χ0v) is 27.1. The molecule has 0 aliphatic heterocycles. The number of benzene rings is 2. The lowest BCUT2D eigenvalue weighted by Crippen LogP contribution is -2.16. The van der Waals surface area contributed by atoms with Gasteiger partial charge in [0.2, 0.25) is 11.8 Å². The summed E-state index contributed by atoms with van der Waals surface area (Å²) in [6.07, 6.45) is 16.9. The fourth-order valence-electron chi connectivity index (χ4n) is 4.49. The van der Waals surface area contributed by atoms with Crippen molar-refractivity contribution in [3.8, 4) is 24.7 Å². The van der Waals surface area contributed by atoms with E-state index in [4.69, 9.17) is 59.3 Å². The number of fused-ring (bicyclic) bond motifs is 2. The van der Waals surface area contributed by atoms with Crippen LogP contribution in [-0.2, 0) is 22.7 Å². The molecular weight excluding hydrogens is 654 g/mol. The van der Waals surface area contributed by atoms with E-state index in [1.165, 1.54) is 22.7 Å². The molecule has 218 valence electrons. The second-order valence-electron chi connectivity index (χ2n) is 9.45. The summed E-state index contributed by atoms with van der Waals surface area (Å²) in [6.45, 7) is 0.503. The van der Waals surface area contributed by atoms with Gasteiger partial charge in [0.25, 0.3) is 0 Å². The summed E-state index contributed by atoms with van der Waals surface area (Å²) in [5.41, 5.74) is 1.46. The maximum Gasteiger partial charge on any atom is 0.248 e. The van der Waals surface area contributed by atoms with Crippen molar-refractivity contribution in [1.82, 2.24) is 9.13 Å². The molecule has 2 aromatic carbocycles. The number of thiazole rings is 2. The molecule has 2 aromatic heterocycles. The minimum absolute atomic E-state index is 0.200. The maximum atomic E-state index is 12.6. The Labute approximate surface area is 271 Å². The largest absolute Gasteiger partial charge is 0.303 e. The summed E-state index contributed by atoms with van der Waals surface area (Å²) in [5, 5.41) is 1.96. The first kappa shape index (κ1) is 32.4. The third kappa shape index (κ3) is 8.08. The molecule has 0 radical (unpaired) electrons. The lowest BCUT2D eigenvalue weighted by Gasteiger charge is -2.03. The number of rotatable bonds is 11. The van der Waals surface area contributed by atoms with Crippen molar-refractivity contribution in [2.75, 3.05) is 0 Å². The van der Waals surface area contributed by atoms with E-state index in [-0.39, 0.29) is 24.9 Å². The Hall–Kier alpha value is -2.56. The van der Waals surface area contributed by atoms with Crippen LogP contribution in [0.3, 0.4) is 0 Å². The summed E-state index contributed by atoms with van der Waals surface area (Å²) in [7, 11) is 0. The van der Waals surface area contributed by atoms with Crippen LogP contribution in [0.15, 0.2) is 34.3 Å². The topological polar surface area (TPSA) is 68.7 Å². The number of terminal acetylenes is 2. The Morgan fingerprint density at radius 3 is 1.43 bits per heavy atom. The zero-order valence-electron chi connectivity index (χ0n) is 22.5. The SMILES string of the molecule is C#CCn1c(=NC(=O)CCCCCCCCC(=O)N=c2sc3cc(Cl)cc(Cl)c3n2CC#C)sc2cc(Cl)cc(Cl)c21. The van der Waals surface area contributed by atoms with E-state index >= 15 is 0 Å². The number of hydrogen-bond donors (Lipinski definition) is 0. The summed E-state index contributed by atoms with van der Waals surface area (Å²) >= 11 is 27.7. The van der Waals surface area contributed by atoms with Crippen molar-refractivity contribution in [1.29, 1.82) is 0 Å². The molecule has 0 spiro atoms. The predicted octanol–water partition coefficient (Wildman–Crippen LogP) is 8.27. The molecule has 0 aliphatic rings. The number of amides is 2. The molecule has 0 saturated carbocycles. The second-order valence-corrected chi connectivity index (χ2v) is 13.2. The van der Waals surface area contributed by atoms with Gasteiger partial charge in [-0.2, -0.15) is 9.98 Å². The average molecular weight is 681 g/mol. The Morgan fingerprint density at radius 2 is 1.05 bits per heavy atom. The van der Waals surface area contributed by atoms with E-state index < -0.39 is 0 Å². The third-order valence-electron chi connectivity index (χ3n) is 6.36. The van der Waals surface area contributed by atoms with Gasteiger partial charge in [-0.3, -0.25) is 9.59 Å². The van der Waals surface area contributed by atoms with E-state index in [1.54, 1.807) is 33.4 Å². The average Bonchev–Trinajstić information content (AvgIpc) is 3.43. The van der Waals surface area contributed by atoms with Crippen LogP contribution >= 0.6 is 69.1 Å². The van der Waals surface area contributed by atoms with Crippen molar-refractivity contribution in [3.05, 3.63) is 54.0 Å². The van der Waals surface area contributed by atoms with Crippen LogP contribution in [0.1, 0.15) is 51.4 Å². The minimum Gasteiger partial charge on any atom is -0.303 e. The highest BCUT2D eigenvalue weighted by Gasteiger charge is 2.13. The van der Waals surface area contributed by atoms with E-state index in [0.29, 0.717) is 42.5 Å². The van der Waals surface area contributed by atoms with Crippen molar-refractivity contribution >= 4 is 101 Å². The summed E-state index contributed by atoms with van der Waals surface area (Å²) in [5.74, 6) is 4.79. The number of carbonyl (C=O) groups excluding carboxylic acids is 2. The van der Waals surface area contributed by atoms with Gasteiger partial charge < -0.3 is 9.13 Å². The summed E-state index contributed by atoms with van der Waals surface area (Å²) in [6, 6.07) is 6.88. The first-order chi connectivity index (χ1) is 20.2. The number of unbranched alkanes of at least 4 members (excludes halogenated alkanes) is 5. The second kappa shape index (κ2) is 15.3. The molecule has 2 heterocycles. The highest BCUT2D eigenvalue weighted by Crippen LogP contribution is 2.31. The fraction of sp³-hybridized carbons (Fsp3) is 0.333. The molecule has 42 heavy (non-hydrogen) atoms. The molecular formula is C30H26Cl4N4O2S2. The first-order valence-corrected chi connectivity index (χ1v) is 16.3. The monoisotopic (exact) mass is 678 g/mol. The lowest BCUT2D eigenvalue weighted by atomic mass is 10.1. The summed E-state index contributed by atoms with van der Waals surface area (Å²) < 4.78 is 5.19. The van der Waals surface area contributed by atoms with Gasteiger partial charge >= 0.3 is 0 Å². The molecule has 0 saturated heterocycles. The number of nitrogens with zero attached hydrogens (tertiary/aromatic N) is 4. The van der Waals surface area contributed by atoms with Crippen molar-refractivity contribution in [2.24, 2.45) is 9.98 Å². The van der Waals surface area contributed by atoms with Gasteiger partial charge in [0.1, 0.15) is 0 Å². The van der Waals surface area contributed by atoms with Crippen LogP contribution in [0.4, 0.5) is 0 Å². The van der Waals surface area contributed by atoms with Gasteiger partial charge in [0.05, 0.1) is 43.6 Å². The molecule has 4 rings (SSSR count).